The average molecular weight is 577 g/mol. The fraction of sp³-hybridized carbons (Fsp3) is 0.286. The van der Waals surface area contributed by atoms with E-state index < -0.39 is 0 Å². The summed E-state index contributed by atoms with van der Waals surface area (Å²) in [5, 5.41) is 3.66. The molecule has 0 aliphatic carbocycles. The Morgan fingerprint density at radius 2 is 1.74 bits per heavy atom. The minimum Gasteiger partial charge on any atom is -0.491 e. The first-order chi connectivity index (χ1) is 20.3. The quantitative estimate of drug-likeness (QED) is 0.211. The smallest absolute Gasteiger partial charge is 0.257 e. The van der Waals surface area contributed by atoms with E-state index in [1.54, 1.807) is 0 Å². The van der Waals surface area contributed by atoms with Crippen molar-refractivity contribution in [1.82, 2.24) is 9.97 Å². The van der Waals surface area contributed by atoms with E-state index in [1.807, 2.05) is 42.5 Å². The predicted octanol–water partition coefficient (Wildman–Crippen LogP) is 8.39. The van der Waals surface area contributed by atoms with E-state index in [0.29, 0.717) is 17.2 Å². The van der Waals surface area contributed by atoms with Crippen molar-refractivity contribution in [3.63, 3.8) is 0 Å². The number of thiazole rings is 1. The number of amides is 1. The second-order valence-corrected chi connectivity index (χ2v) is 12.4. The van der Waals surface area contributed by atoms with Crippen LogP contribution in [0, 0.1) is 6.92 Å². The highest BCUT2D eigenvalue weighted by Gasteiger charge is 2.25. The topological polar surface area (TPSA) is 67.3 Å². The number of aromatic nitrogens is 2. The van der Waals surface area contributed by atoms with Crippen LogP contribution in [0.1, 0.15) is 66.4 Å². The molecule has 0 fully saturated rings. The van der Waals surface area contributed by atoms with Crippen molar-refractivity contribution in [2.75, 3.05) is 16.8 Å². The Balaban J connectivity index is 1.29. The molecule has 6 nitrogen and oxygen atoms in total. The third-order valence-corrected chi connectivity index (χ3v) is 8.70. The zero-order chi connectivity index (χ0) is 29.4. The van der Waals surface area contributed by atoms with Gasteiger partial charge in [-0.1, -0.05) is 61.6 Å². The molecule has 0 radical (unpaired) electrons. The highest BCUT2D eigenvalue weighted by Crippen LogP contribution is 2.37. The number of para-hydroxylation sites is 1. The molecular formula is C35H36N4O2S. The molecule has 0 saturated heterocycles. The molecule has 1 aliphatic heterocycles. The van der Waals surface area contributed by atoms with Gasteiger partial charge in [0.2, 0.25) is 0 Å². The van der Waals surface area contributed by atoms with Gasteiger partial charge in [-0.25, -0.2) is 9.97 Å². The predicted molar refractivity (Wildman–Crippen MR) is 173 cm³/mol. The number of benzene rings is 3. The van der Waals surface area contributed by atoms with Crippen molar-refractivity contribution in [2.24, 2.45) is 0 Å². The highest BCUT2D eigenvalue weighted by atomic mass is 32.1. The fourth-order valence-electron chi connectivity index (χ4n) is 5.68. The Morgan fingerprint density at radius 3 is 2.52 bits per heavy atom. The maximum absolute atomic E-state index is 13.5. The fourth-order valence-corrected chi connectivity index (χ4v) is 6.54. The summed E-state index contributed by atoms with van der Waals surface area (Å²) in [6, 6.07) is 24.5. The van der Waals surface area contributed by atoms with E-state index in [4.69, 9.17) is 9.72 Å². The molecule has 1 N–H and O–H groups in total. The Morgan fingerprint density at radius 1 is 0.929 bits per heavy atom. The summed E-state index contributed by atoms with van der Waals surface area (Å²) in [6.45, 7) is 12.1. The lowest BCUT2D eigenvalue weighted by Crippen LogP contribution is -2.33. The van der Waals surface area contributed by atoms with Gasteiger partial charge in [0, 0.05) is 24.2 Å². The molecule has 0 atom stereocenters. The number of ether oxygens (including phenoxy) is 1. The molecule has 6 rings (SSSR count). The van der Waals surface area contributed by atoms with Crippen molar-refractivity contribution >= 4 is 38.4 Å². The second kappa shape index (κ2) is 11.6. The number of hydrogen-bond acceptors (Lipinski definition) is 6. The van der Waals surface area contributed by atoms with E-state index in [0.717, 1.165) is 62.7 Å². The molecule has 3 aromatic carbocycles. The maximum atomic E-state index is 13.5. The molecular weight excluding hydrogens is 540 g/mol. The van der Waals surface area contributed by atoms with Crippen LogP contribution in [-0.4, -0.2) is 28.5 Å². The first-order valence-corrected chi connectivity index (χ1v) is 15.4. The zero-order valence-electron chi connectivity index (χ0n) is 24.8. The lowest BCUT2D eigenvalue weighted by Gasteiger charge is -2.32. The SMILES string of the molecule is Cc1c(OC(C)C)cccc1-c1ccc(N2CCc3cccc(C(=O)Nc4nc5ccccc5s4)c3C2)nc1C(C)C. The van der Waals surface area contributed by atoms with Crippen LogP contribution in [0.15, 0.2) is 72.8 Å². The van der Waals surface area contributed by atoms with Crippen molar-refractivity contribution < 1.29 is 9.53 Å². The van der Waals surface area contributed by atoms with Crippen LogP contribution >= 0.6 is 11.3 Å². The minimum absolute atomic E-state index is 0.110. The van der Waals surface area contributed by atoms with Gasteiger partial charge in [0.05, 0.1) is 22.0 Å². The normalized spacial score (nSPS) is 13.1. The Labute approximate surface area is 251 Å². The Kier molecular flexibility index (Phi) is 7.69. The van der Waals surface area contributed by atoms with Crippen LogP contribution in [0.4, 0.5) is 10.9 Å². The van der Waals surface area contributed by atoms with Gasteiger partial charge in [0.1, 0.15) is 11.6 Å². The Bertz CT molecular complexity index is 1740. The number of fused-ring (bicyclic) bond motifs is 2. The molecule has 7 heteroatoms. The maximum Gasteiger partial charge on any atom is 0.257 e. The summed E-state index contributed by atoms with van der Waals surface area (Å²) < 4.78 is 7.13. The van der Waals surface area contributed by atoms with Crippen LogP contribution in [0.5, 0.6) is 5.75 Å². The van der Waals surface area contributed by atoms with Gasteiger partial charge in [-0.3, -0.25) is 10.1 Å². The zero-order valence-corrected chi connectivity index (χ0v) is 25.6. The number of carbonyl (C=O) groups is 1. The summed E-state index contributed by atoms with van der Waals surface area (Å²) in [7, 11) is 0. The molecule has 0 bridgehead atoms. The van der Waals surface area contributed by atoms with E-state index >= 15 is 0 Å². The molecule has 42 heavy (non-hydrogen) atoms. The number of rotatable bonds is 7. The van der Waals surface area contributed by atoms with Crippen LogP contribution in [0.25, 0.3) is 21.3 Å². The first-order valence-electron chi connectivity index (χ1n) is 14.6. The first kappa shape index (κ1) is 27.9. The van der Waals surface area contributed by atoms with Gasteiger partial charge in [-0.15, -0.1) is 0 Å². The number of pyridine rings is 1. The molecule has 1 aliphatic rings. The number of nitrogens with zero attached hydrogens (tertiary/aromatic N) is 3. The molecule has 5 aromatic rings. The number of carbonyl (C=O) groups excluding carboxylic acids is 1. The third-order valence-electron chi connectivity index (χ3n) is 7.75. The lowest BCUT2D eigenvalue weighted by atomic mass is 9.93. The molecule has 3 heterocycles. The van der Waals surface area contributed by atoms with Crippen molar-refractivity contribution in [3.05, 3.63) is 101 Å². The van der Waals surface area contributed by atoms with E-state index in [2.05, 4.69) is 80.2 Å². The van der Waals surface area contributed by atoms with E-state index in [9.17, 15) is 4.79 Å². The summed E-state index contributed by atoms with van der Waals surface area (Å²) >= 11 is 1.49. The standard InChI is InChI=1S/C35H36N4O2S/c1-21(2)33-26(25-11-9-14-30(23(25)5)41-22(3)4)16-17-32(37-33)39-19-18-24-10-8-12-27(28(24)20-39)34(40)38-35-36-29-13-6-7-15-31(29)42-35/h6-17,21-22H,18-20H2,1-5H3,(H,36,38,40). The van der Waals surface area contributed by atoms with Gasteiger partial charge in [0.25, 0.3) is 5.91 Å². The van der Waals surface area contributed by atoms with Crippen LogP contribution < -0.4 is 15.0 Å². The number of nitrogens with one attached hydrogen (secondary N) is 1. The monoisotopic (exact) mass is 576 g/mol. The van der Waals surface area contributed by atoms with Gasteiger partial charge >= 0.3 is 0 Å². The van der Waals surface area contributed by atoms with Crippen LogP contribution in [0.2, 0.25) is 0 Å². The van der Waals surface area contributed by atoms with Gasteiger partial charge in [0.15, 0.2) is 5.13 Å². The van der Waals surface area contributed by atoms with E-state index in [1.165, 1.54) is 16.9 Å². The summed E-state index contributed by atoms with van der Waals surface area (Å²) in [5.74, 6) is 1.95. The molecule has 2 aromatic heterocycles. The number of anilines is 2. The molecule has 1 amide bonds. The minimum atomic E-state index is -0.127. The lowest BCUT2D eigenvalue weighted by molar-refractivity contribution is 0.102. The summed E-state index contributed by atoms with van der Waals surface area (Å²) in [6.07, 6.45) is 0.963. The third kappa shape index (κ3) is 5.49. The molecule has 0 saturated carbocycles. The van der Waals surface area contributed by atoms with Gasteiger partial charge < -0.3 is 9.64 Å². The van der Waals surface area contributed by atoms with Gasteiger partial charge in [-0.2, -0.15) is 0 Å². The molecule has 0 spiro atoms. The van der Waals surface area contributed by atoms with Crippen molar-refractivity contribution in [2.45, 2.75) is 59.6 Å². The molecule has 0 unspecified atom stereocenters. The van der Waals surface area contributed by atoms with Crippen molar-refractivity contribution in [3.8, 4) is 16.9 Å². The highest BCUT2D eigenvalue weighted by molar-refractivity contribution is 7.22. The van der Waals surface area contributed by atoms with Crippen LogP contribution in [-0.2, 0) is 13.0 Å². The van der Waals surface area contributed by atoms with Crippen molar-refractivity contribution in [1.29, 1.82) is 0 Å². The molecule has 214 valence electrons. The Hall–Kier alpha value is -4.23. The number of hydrogen-bond donors (Lipinski definition) is 1. The van der Waals surface area contributed by atoms with E-state index in [-0.39, 0.29) is 17.9 Å². The second-order valence-electron chi connectivity index (χ2n) is 11.4. The summed E-state index contributed by atoms with van der Waals surface area (Å²) in [4.78, 5) is 25.6. The summed E-state index contributed by atoms with van der Waals surface area (Å²) in [5.41, 5.74) is 8.31. The van der Waals surface area contributed by atoms with Gasteiger partial charge in [-0.05, 0) is 91.8 Å². The van der Waals surface area contributed by atoms with Crippen LogP contribution in [0.3, 0.4) is 0 Å². The largest absolute Gasteiger partial charge is 0.491 e. The average Bonchev–Trinajstić information content (AvgIpc) is 3.39.